The summed E-state index contributed by atoms with van der Waals surface area (Å²) in [6.45, 7) is 2.30. The molecule has 1 aliphatic carbocycles. The summed E-state index contributed by atoms with van der Waals surface area (Å²) in [7, 11) is 1.74. The van der Waals surface area contributed by atoms with E-state index in [0.29, 0.717) is 25.3 Å². The first-order chi connectivity index (χ1) is 9.97. The molecule has 1 fully saturated rings. The largest absolute Gasteiger partial charge is 0.391 e. The number of aliphatic hydroxyl groups excluding tert-OH is 1. The SMILES string of the molecule is CC(CCc1cccc(F)c1)C(=O)N(C)CC(O)C1CC1. The van der Waals surface area contributed by atoms with Crippen LogP contribution in [0.1, 0.15) is 31.7 Å². The zero-order valence-corrected chi connectivity index (χ0v) is 12.8. The average molecular weight is 293 g/mol. The smallest absolute Gasteiger partial charge is 0.225 e. The highest BCUT2D eigenvalue weighted by molar-refractivity contribution is 5.78. The maximum atomic E-state index is 13.1. The molecule has 1 aliphatic rings. The molecule has 1 aromatic carbocycles. The number of carbonyl (C=O) groups is 1. The summed E-state index contributed by atoms with van der Waals surface area (Å²) in [6, 6.07) is 6.50. The molecule has 3 nitrogen and oxygen atoms in total. The molecule has 0 spiro atoms. The minimum absolute atomic E-state index is 0.0473. The highest BCUT2D eigenvalue weighted by Crippen LogP contribution is 2.32. The minimum atomic E-state index is -0.394. The Labute approximate surface area is 125 Å². The molecule has 0 saturated heterocycles. The van der Waals surface area contributed by atoms with Crippen molar-refractivity contribution in [3.63, 3.8) is 0 Å². The van der Waals surface area contributed by atoms with Gasteiger partial charge in [-0.2, -0.15) is 0 Å². The van der Waals surface area contributed by atoms with Crippen molar-refractivity contribution in [2.75, 3.05) is 13.6 Å². The Balaban J connectivity index is 1.78. The third kappa shape index (κ3) is 4.81. The van der Waals surface area contributed by atoms with Crippen molar-refractivity contribution in [2.24, 2.45) is 11.8 Å². The maximum Gasteiger partial charge on any atom is 0.225 e. The molecule has 2 atom stereocenters. The van der Waals surface area contributed by atoms with Crippen LogP contribution < -0.4 is 0 Å². The van der Waals surface area contributed by atoms with Gasteiger partial charge in [-0.05, 0) is 49.3 Å². The Kier molecular flexibility index (Phi) is 5.34. The molecular weight excluding hydrogens is 269 g/mol. The lowest BCUT2D eigenvalue weighted by atomic mass is 9.99. The van der Waals surface area contributed by atoms with E-state index in [2.05, 4.69) is 0 Å². The van der Waals surface area contributed by atoms with Crippen LogP contribution in [-0.4, -0.2) is 35.6 Å². The van der Waals surface area contributed by atoms with E-state index < -0.39 is 6.10 Å². The van der Waals surface area contributed by atoms with E-state index in [1.165, 1.54) is 12.1 Å². The lowest BCUT2D eigenvalue weighted by molar-refractivity contribution is -0.135. The molecule has 116 valence electrons. The quantitative estimate of drug-likeness (QED) is 0.839. The fourth-order valence-electron chi connectivity index (χ4n) is 2.58. The molecule has 0 heterocycles. The predicted octanol–water partition coefficient (Wildman–Crippen LogP) is 2.62. The number of amides is 1. The number of aliphatic hydroxyl groups is 1. The topological polar surface area (TPSA) is 40.5 Å². The van der Waals surface area contributed by atoms with Crippen LogP contribution >= 0.6 is 0 Å². The van der Waals surface area contributed by atoms with Crippen molar-refractivity contribution in [3.05, 3.63) is 35.6 Å². The number of carbonyl (C=O) groups excluding carboxylic acids is 1. The molecule has 2 unspecified atom stereocenters. The van der Waals surface area contributed by atoms with Crippen molar-refractivity contribution in [1.29, 1.82) is 0 Å². The summed E-state index contributed by atoms with van der Waals surface area (Å²) in [6.07, 6.45) is 3.11. The standard InChI is InChI=1S/C17H24FNO2/c1-12(6-7-13-4-3-5-15(18)10-13)17(21)19(2)11-16(20)14-8-9-14/h3-5,10,12,14,16,20H,6-9,11H2,1-2H3. The summed E-state index contributed by atoms with van der Waals surface area (Å²) in [4.78, 5) is 13.9. The number of hydrogen-bond acceptors (Lipinski definition) is 2. The Morgan fingerprint density at radius 1 is 1.48 bits per heavy atom. The Morgan fingerprint density at radius 3 is 2.81 bits per heavy atom. The lowest BCUT2D eigenvalue weighted by Gasteiger charge is -2.24. The fraction of sp³-hybridized carbons (Fsp3) is 0.588. The molecular formula is C17H24FNO2. The van der Waals surface area contributed by atoms with Gasteiger partial charge < -0.3 is 10.0 Å². The van der Waals surface area contributed by atoms with Gasteiger partial charge in [0.25, 0.3) is 0 Å². The first-order valence-electron chi connectivity index (χ1n) is 7.65. The monoisotopic (exact) mass is 293 g/mol. The molecule has 4 heteroatoms. The average Bonchev–Trinajstić information content (AvgIpc) is 3.28. The molecule has 1 aromatic rings. The number of hydrogen-bond donors (Lipinski definition) is 1. The first kappa shape index (κ1) is 16.0. The Bertz CT molecular complexity index is 487. The normalized spacial score (nSPS) is 17.3. The van der Waals surface area contributed by atoms with Gasteiger partial charge in [0.05, 0.1) is 6.10 Å². The van der Waals surface area contributed by atoms with E-state index in [0.717, 1.165) is 18.4 Å². The van der Waals surface area contributed by atoms with Gasteiger partial charge in [-0.1, -0.05) is 19.1 Å². The molecule has 2 rings (SSSR count). The third-order valence-electron chi connectivity index (χ3n) is 4.18. The van der Waals surface area contributed by atoms with Crippen molar-refractivity contribution in [1.82, 2.24) is 4.90 Å². The number of likely N-dealkylation sites (N-methyl/N-ethyl adjacent to an activating group) is 1. The van der Waals surface area contributed by atoms with Gasteiger partial charge in [-0.3, -0.25) is 4.79 Å². The van der Waals surface area contributed by atoms with Gasteiger partial charge in [0, 0.05) is 19.5 Å². The van der Waals surface area contributed by atoms with Crippen molar-refractivity contribution >= 4 is 5.91 Å². The number of aryl methyl sites for hydroxylation is 1. The molecule has 0 aliphatic heterocycles. The molecule has 0 radical (unpaired) electrons. The van der Waals surface area contributed by atoms with Gasteiger partial charge in [0.2, 0.25) is 5.91 Å². The second-order valence-electron chi connectivity index (χ2n) is 6.19. The van der Waals surface area contributed by atoms with Crippen LogP contribution in [0.25, 0.3) is 0 Å². The van der Waals surface area contributed by atoms with Crippen LogP contribution in [0.15, 0.2) is 24.3 Å². The first-order valence-corrected chi connectivity index (χ1v) is 7.65. The summed E-state index contributed by atoms with van der Waals surface area (Å²) in [5, 5.41) is 9.89. The van der Waals surface area contributed by atoms with Crippen LogP contribution in [0.5, 0.6) is 0 Å². The van der Waals surface area contributed by atoms with E-state index in [1.54, 1.807) is 18.0 Å². The summed E-state index contributed by atoms with van der Waals surface area (Å²) in [5.74, 6) is 0.0646. The maximum absolute atomic E-state index is 13.1. The van der Waals surface area contributed by atoms with E-state index in [-0.39, 0.29) is 17.6 Å². The second-order valence-corrected chi connectivity index (χ2v) is 6.19. The van der Waals surface area contributed by atoms with E-state index in [1.807, 2.05) is 13.0 Å². The number of benzene rings is 1. The van der Waals surface area contributed by atoms with Gasteiger partial charge in [-0.25, -0.2) is 4.39 Å². The molecule has 0 bridgehead atoms. The van der Waals surface area contributed by atoms with Crippen molar-refractivity contribution in [3.8, 4) is 0 Å². The summed E-state index contributed by atoms with van der Waals surface area (Å²) >= 11 is 0. The van der Waals surface area contributed by atoms with Crippen LogP contribution in [0, 0.1) is 17.7 Å². The fourth-order valence-corrected chi connectivity index (χ4v) is 2.58. The van der Waals surface area contributed by atoms with Gasteiger partial charge in [0.1, 0.15) is 5.82 Å². The predicted molar refractivity (Wildman–Crippen MR) is 80.3 cm³/mol. The van der Waals surface area contributed by atoms with E-state index in [9.17, 15) is 14.3 Å². The van der Waals surface area contributed by atoms with Crippen LogP contribution in [0.4, 0.5) is 4.39 Å². The second kappa shape index (κ2) is 7.03. The Morgan fingerprint density at radius 2 is 2.19 bits per heavy atom. The van der Waals surface area contributed by atoms with Crippen LogP contribution in [-0.2, 0) is 11.2 Å². The molecule has 0 aromatic heterocycles. The minimum Gasteiger partial charge on any atom is -0.391 e. The van der Waals surface area contributed by atoms with Crippen LogP contribution in [0.2, 0.25) is 0 Å². The Hall–Kier alpha value is -1.42. The van der Waals surface area contributed by atoms with E-state index >= 15 is 0 Å². The molecule has 1 saturated carbocycles. The van der Waals surface area contributed by atoms with Gasteiger partial charge in [0.15, 0.2) is 0 Å². The zero-order chi connectivity index (χ0) is 15.4. The van der Waals surface area contributed by atoms with Crippen molar-refractivity contribution in [2.45, 2.75) is 38.7 Å². The van der Waals surface area contributed by atoms with Gasteiger partial charge >= 0.3 is 0 Å². The number of halogens is 1. The van der Waals surface area contributed by atoms with Crippen molar-refractivity contribution < 1.29 is 14.3 Å². The summed E-state index contributed by atoms with van der Waals surface area (Å²) < 4.78 is 13.1. The lowest BCUT2D eigenvalue weighted by Crippen LogP contribution is -2.38. The highest BCUT2D eigenvalue weighted by atomic mass is 19.1. The molecule has 21 heavy (non-hydrogen) atoms. The van der Waals surface area contributed by atoms with Gasteiger partial charge in [-0.15, -0.1) is 0 Å². The van der Waals surface area contributed by atoms with Crippen LogP contribution in [0.3, 0.4) is 0 Å². The third-order valence-corrected chi connectivity index (χ3v) is 4.18. The number of rotatable bonds is 7. The highest BCUT2D eigenvalue weighted by Gasteiger charge is 2.31. The number of nitrogens with zero attached hydrogens (tertiary/aromatic N) is 1. The zero-order valence-electron chi connectivity index (χ0n) is 12.8. The van der Waals surface area contributed by atoms with E-state index in [4.69, 9.17) is 0 Å². The summed E-state index contributed by atoms with van der Waals surface area (Å²) in [5.41, 5.74) is 0.912. The molecule has 1 N–H and O–H groups in total. The molecule has 1 amide bonds.